The summed E-state index contributed by atoms with van der Waals surface area (Å²) >= 11 is 0. The molecule has 0 amide bonds. The molecule has 0 radical (unpaired) electrons. The highest BCUT2D eigenvalue weighted by atomic mass is 32.2. The third-order valence-electron chi connectivity index (χ3n) is 3.29. The highest BCUT2D eigenvalue weighted by Gasteiger charge is 2.23. The molecule has 0 saturated carbocycles. The van der Waals surface area contributed by atoms with Gasteiger partial charge in [0.2, 0.25) is 10.0 Å². The van der Waals surface area contributed by atoms with E-state index in [1.807, 2.05) is 6.07 Å². The van der Waals surface area contributed by atoms with E-state index in [9.17, 15) is 8.42 Å². The predicted molar refractivity (Wildman–Crippen MR) is 76.4 cm³/mol. The van der Waals surface area contributed by atoms with Gasteiger partial charge in [0.1, 0.15) is 0 Å². The first-order valence-corrected chi connectivity index (χ1v) is 7.66. The summed E-state index contributed by atoms with van der Waals surface area (Å²) < 4.78 is 31.5. The summed E-state index contributed by atoms with van der Waals surface area (Å²) in [5, 5.41) is 0. The summed E-state index contributed by atoms with van der Waals surface area (Å²) in [6.07, 6.45) is 3.06. The van der Waals surface area contributed by atoms with Gasteiger partial charge in [0.25, 0.3) is 0 Å². The second-order valence-electron chi connectivity index (χ2n) is 4.64. The van der Waals surface area contributed by atoms with E-state index in [4.69, 9.17) is 10.2 Å². The standard InChI is InChI=1S/C14H18N2O3S/c1-11-13(8-15)4-3-5-14(11)20(17,18)16(2)9-12-6-7-19-10-12/h3-7,10H,8-9,15H2,1-2H3. The lowest BCUT2D eigenvalue weighted by Crippen LogP contribution is -2.27. The summed E-state index contributed by atoms with van der Waals surface area (Å²) in [5.74, 6) is 0. The van der Waals surface area contributed by atoms with Crippen LogP contribution in [0.5, 0.6) is 0 Å². The van der Waals surface area contributed by atoms with Crippen LogP contribution in [0.2, 0.25) is 0 Å². The van der Waals surface area contributed by atoms with Crippen LogP contribution in [0, 0.1) is 6.92 Å². The summed E-state index contributed by atoms with van der Waals surface area (Å²) in [4.78, 5) is 0.298. The summed E-state index contributed by atoms with van der Waals surface area (Å²) in [7, 11) is -1.99. The lowest BCUT2D eigenvalue weighted by atomic mass is 10.1. The third-order valence-corrected chi connectivity index (χ3v) is 5.24. The average Bonchev–Trinajstić information content (AvgIpc) is 2.91. The Morgan fingerprint density at radius 3 is 2.65 bits per heavy atom. The van der Waals surface area contributed by atoms with Gasteiger partial charge in [0.05, 0.1) is 17.4 Å². The van der Waals surface area contributed by atoms with E-state index in [1.165, 1.54) is 16.8 Å². The number of sulfonamides is 1. The van der Waals surface area contributed by atoms with Crippen molar-refractivity contribution in [1.82, 2.24) is 4.31 Å². The Hall–Kier alpha value is -1.63. The third kappa shape index (κ3) is 2.77. The molecule has 0 unspecified atom stereocenters. The molecule has 2 aromatic rings. The van der Waals surface area contributed by atoms with E-state index in [0.29, 0.717) is 17.0 Å². The number of hydrogen-bond acceptors (Lipinski definition) is 4. The molecule has 5 nitrogen and oxygen atoms in total. The van der Waals surface area contributed by atoms with Gasteiger partial charge in [-0.2, -0.15) is 4.31 Å². The van der Waals surface area contributed by atoms with E-state index in [-0.39, 0.29) is 6.54 Å². The molecule has 0 atom stereocenters. The van der Waals surface area contributed by atoms with Crippen molar-refractivity contribution in [3.8, 4) is 0 Å². The van der Waals surface area contributed by atoms with Crippen LogP contribution >= 0.6 is 0 Å². The van der Waals surface area contributed by atoms with Crippen molar-refractivity contribution >= 4 is 10.0 Å². The van der Waals surface area contributed by atoms with Gasteiger partial charge in [0.15, 0.2) is 0 Å². The minimum absolute atomic E-state index is 0.269. The van der Waals surface area contributed by atoms with Crippen molar-refractivity contribution in [3.05, 3.63) is 53.5 Å². The lowest BCUT2D eigenvalue weighted by molar-refractivity contribution is 0.462. The Bertz CT molecular complexity index is 678. The molecule has 2 N–H and O–H groups in total. The van der Waals surface area contributed by atoms with Crippen LogP contribution in [0.15, 0.2) is 46.1 Å². The van der Waals surface area contributed by atoms with E-state index in [0.717, 1.165) is 11.1 Å². The fourth-order valence-electron chi connectivity index (χ4n) is 2.05. The number of nitrogens with two attached hydrogens (primary N) is 1. The Labute approximate surface area is 119 Å². The minimum Gasteiger partial charge on any atom is -0.472 e. The van der Waals surface area contributed by atoms with Gasteiger partial charge in [-0.05, 0) is 30.2 Å². The zero-order chi connectivity index (χ0) is 14.8. The molecule has 20 heavy (non-hydrogen) atoms. The van der Waals surface area contributed by atoms with Gasteiger partial charge in [0, 0.05) is 25.7 Å². The molecular formula is C14H18N2O3S. The minimum atomic E-state index is -3.54. The molecule has 0 spiro atoms. The summed E-state index contributed by atoms with van der Waals surface area (Å²) in [5.41, 5.74) is 7.98. The second-order valence-corrected chi connectivity index (χ2v) is 6.65. The Morgan fingerprint density at radius 1 is 1.30 bits per heavy atom. The fourth-order valence-corrected chi connectivity index (χ4v) is 3.48. The van der Waals surface area contributed by atoms with E-state index in [1.54, 1.807) is 32.2 Å². The second kappa shape index (κ2) is 5.78. The first-order valence-electron chi connectivity index (χ1n) is 6.22. The maximum Gasteiger partial charge on any atom is 0.243 e. The first kappa shape index (κ1) is 14.8. The number of benzene rings is 1. The van der Waals surface area contributed by atoms with Crippen LogP contribution in [-0.2, 0) is 23.1 Å². The van der Waals surface area contributed by atoms with Gasteiger partial charge < -0.3 is 10.2 Å². The molecule has 1 aromatic heterocycles. The van der Waals surface area contributed by atoms with Crippen molar-refractivity contribution < 1.29 is 12.8 Å². The van der Waals surface area contributed by atoms with E-state index in [2.05, 4.69) is 0 Å². The number of nitrogens with zero attached hydrogens (tertiary/aromatic N) is 1. The molecule has 0 aliphatic carbocycles. The van der Waals surface area contributed by atoms with Gasteiger partial charge >= 0.3 is 0 Å². The Balaban J connectivity index is 2.35. The predicted octanol–water partition coefficient (Wildman–Crippen LogP) is 1.87. The molecule has 1 heterocycles. The molecule has 1 aromatic carbocycles. The molecule has 2 rings (SSSR count). The van der Waals surface area contributed by atoms with Gasteiger partial charge in [-0.3, -0.25) is 0 Å². The topological polar surface area (TPSA) is 76.5 Å². The fraction of sp³-hybridized carbons (Fsp3) is 0.286. The Morgan fingerprint density at radius 2 is 2.05 bits per heavy atom. The van der Waals surface area contributed by atoms with Gasteiger partial charge in [-0.25, -0.2) is 8.42 Å². The average molecular weight is 294 g/mol. The maximum atomic E-state index is 12.6. The van der Waals surface area contributed by atoms with Crippen LogP contribution in [-0.4, -0.2) is 19.8 Å². The van der Waals surface area contributed by atoms with Crippen LogP contribution < -0.4 is 5.73 Å². The normalized spacial score (nSPS) is 12.0. The zero-order valence-electron chi connectivity index (χ0n) is 11.5. The monoisotopic (exact) mass is 294 g/mol. The van der Waals surface area contributed by atoms with E-state index < -0.39 is 10.0 Å². The van der Waals surface area contributed by atoms with Crippen molar-refractivity contribution in [3.63, 3.8) is 0 Å². The van der Waals surface area contributed by atoms with Crippen molar-refractivity contribution in [1.29, 1.82) is 0 Å². The molecule has 0 aliphatic heterocycles. The molecular weight excluding hydrogens is 276 g/mol. The SMILES string of the molecule is Cc1c(CN)cccc1S(=O)(=O)N(C)Cc1ccoc1. The Kier molecular flexibility index (Phi) is 4.27. The molecule has 108 valence electrons. The number of rotatable bonds is 5. The maximum absolute atomic E-state index is 12.6. The molecule has 0 aliphatic rings. The van der Waals surface area contributed by atoms with Crippen LogP contribution in [0.4, 0.5) is 0 Å². The zero-order valence-corrected chi connectivity index (χ0v) is 12.4. The molecule has 0 bridgehead atoms. The van der Waals surface area contributed by atoms with Crippen molar-refractivity contribution in [2.45, 2.75) is 24.9 Å². The number of hydrogen-bond donors (Lipinski definition) is 1. The largest absolute Gasteiger partial charge is 0.472 e. The summed E-state index contributed by atoms with van der Waals surface area (Å²) in [6, 6.07) is 6.91. The molecule has 6 heteroatoms. The van der Waals surface area contributed by atoms with Crippen LogP contribution in [0.1, 0.15) is 16.7 Å². The highest BCUT2D eigenvalue weighted by molar-refractivity contribution is 7.89. The first-order chi connectivity index (χ1) is 9.46. The molecule has 0 fully saturated rings. The van der Waals surface area contributed by atoms with Crippen LogP contribution in [0.25, 0.3) is 0 Å². The quantitative estimate of drug-likeness (QED) is 0.913. The molecule has 0 saturated heterocycles. The lowest BCUT2D eigenvalue weighted by Gasteiger charge is -2.19. The van der Waals surface area contributed by atoms with Gasteiger partial charge in [-0.15, -0.1) is 0 Å². The summed E-state index contributed by atoms with van der Waals surface area (Å²) in [6.45, 7) is 2.37. The number of furan rings is 1. The smallest absolute Gasteiger partial charge is 0.243 e. The van der Waals surface area contributed by atoms with Gasteiger partial charge in [-0.1, -0.05) is 12.1 Å². The van der Waals surface area contributed by atoms with Crippen molar-refractivity contribution in [2.75, 3.05) is 7.05 Å². The highest BCUT2D eigenvalue weighted by Crippen LogP contribution is 2.23. The van der Waals surface area contributed by atoms with E-state index >= 15 is 0 Å². The van der Waals surface area contributed by atoms with Crippen molar-refractivity contribution in [2.24, 2.45) is 5.73 Å². The van der Waals surface area contributed by atoms with Crippen LogP contribution in [0.3, 0.4) is 0 Å².